The minimum atomic E-state index is -3.98. The van der Waals surface area contributed by atoms with Gasteiger partial charge in [0.1, 0.15) is 11.9 Å². The van der Waals surface area contributed by atoms with E-state index in [1.807, 2.05) is 18.2 Å². The largest absolute Gasteiger partial charge is 0.380 e. The van der Waals surface area contributed by atoms with Crippen molar-refractivity contribution in [3.63, 3.8) is 0 Å². The number of rotatable bonds is 10. The van der Waals surface area contributed by atoms with E-state index >= 15 is 0 Å². The molecule has 2 heterocycles. The third-order valence-corrected chi connectivity index (χ3v) is 9.39. The predicted octanol–water partition coefficient (Wildman–Crippen LogP) is 5.80. The van der Waals surface area contributed by atoms with Crippen LogP contribution in [0.4, 0.5) is 5.88 Å². The molecule has 0 bridgehead atoms. The Morgan fingerprint density at radius 3 is 2.66 bits per heavy atom. The SMILES string of the molecule is CCCC1=NC2CCCCC(=O)C2N1Cc1ccc(-c2ccccc2S(=O)(=O)Nc2onc(C)c2C)c(COC)c1. The van der Waals surface area contributed by atoms with Crippen LogP contribution in [0.3, 0.4) is 0 Å². The highest BCUT2D eigenvalue weighted by molar-refractivity contribution is 7.92. The van der Waals surface area contributed by atoms with Gasteiger partial charge in [-0.05, 0) is 55.9 Å². The number of benzene rings is 2. The zero-order valence-corrected chi connectivity index (χ0v) is 25.0. The molecular weight excluding hydrogens is 540 g/mol. The van der Waals surface area contributed by atoms with Gasteiger partial charge >= 0.3 is 0 Å². The number of carbonyl (C=O) groups excluding carboxylic acids is 1. The molecule has 3 aromatic rings. The van der Waals surface area contributed by atoms with E-state index in [0.717, 1.165) is 54.6 Å². The van der Waals surface area contributed by atoms with Crippen LogP contribution in [0.1, 0.15) is 67.8 Å². The molecule has 0 spiro atoms. The lowest BCUT2D eigenvalue weighted by Gasteiger charge is -2.29. The molecule has 2 atom stereocenters. The summed E-state index contributed by atoms with van der Waals surface area (Å²) in [6.45, 7) is 6.51. The van der Waals surface area contributed by atoms with Crippen LogP contribution < -0.4 is 4.72 Å². The van der Waals surface area contributed by atoms with Crippen molar-refractivity contribution >= 4 is 27.5 Å². The van der Waals surface area contributed by atoms with Crippen molar-refractivity contribution in [3.05, 3.63) is 64.8 Å². The number of fused-ring (bicyclic) bond motifs is 1. The lowest BCUT2D eigenvalue weighted by Crippen LogP contribution is -2.44. The number of methoxy groups -OCH3 is 1. The Morgan fingerprint density at radius 2 is 1.93 bits per heavy atom. The van der Waals surface area contributed by atoms with E-state index in [-0.39, 0.29) is 28.6 Å². The zero-order chi connectivity index (χ0) is 29.1. The van der Waals surface area contributed by atoms with E-state index in [1.165, 1.54) is 0 Å². The summed E-state index contributed by atoms with van der Waals surface area (Å²) in [5.74, 6) is 1.39. The maximum Gasteiger partial charge on any atom is 0.264 e. The molecule has 2 aliphatic rings. The van der Waals surface area contributed by atoms with Crippen LogP contribution in [0.5, 0.6) is 0 Å². The molecule has 41 heavy (non-hydrogen) atoms. The van der Waals surface area contributed by atoms with Gasteiger partial charge in [-0.2, -0.15) is 0 Å². The van der Waals surface area contributed by atoms with Crippen LogP contribution in [-0.4, -0.2) is 49.3 Å². The van der Waals surface area contributed by atoms with Crippen molar-refractivity contribution in [3.8, 4) is 11.1 Å². The third-order valence-electron chi connectivity index (χ3n) is 8.00. The number of ketones is 1. The molecule has 1 N–H and O–H groups in total. The molecule has 2 unspecified atom stereocenters. The van der Waals surface area contributed by atoms with E-state index in [0.29, 0.717) is 36.4 Å². The van der Waals surface area contributed by atoms with E-state index in [4.69, 9.17) is 14.3 Å². The molecular formula is C31H38N4O5S. The molecule has 0 amide bonds. The number of Topliss-reactive ketones (excluding diaryl/α,β-unsaturated/α-hetero) is 1. The first kappa shape index (κ1) is 29.0. The van der Waals surface area contributed by atoms with Crippen molar-refractivity contribution in [1.29, 1.82) is 0 Å². The number of ether oxygens (including phenoxy) is 1. The fourth-order valence-corrected chi connectivity index (χ4v) is 7.10. The second-order valence-electron chi connectivity index (χ2n) is 10.9. The number of hydrogen-bond acceptors (Lipinski definition) is 8. The molecule has 2 aromatic carbocycles. The third kappa shape index (κ3) is 5.94. The number of hydrogen-bond donors (Lipinski definition) is 1. The Kier molecular flexibility index (Phi) is 8.60. The molecule has 10 heteroatoms. The van der Waals surface area contributed by atoms with Gasteiger partial charge in [-0.3, -0.25) is 9.79 Å². The smallest absolute Gasteiger partial charge is 0.264 e. The minimum absolute atomic E-state index is 0.0330. The normalized spacial score (nSPS) is 19.2. The molecule has 0 radical (unpaired) electrons. The number of nitrogens with one attached hydrogen (secondary N) is 1. The summed E-state index contributed by atoms with van der Waals surface area (Å²) in [7, 11) is -2.36. The molecule has 9 nitrogen and oxygen atoms in total. The van der Waals surface area contributed by atoms with Crippen molar-refractivity contribution in [2.24, 2.45) is 4.99 Å². The summed E-state index contributed by atoms with van der Waals surface area (Å²) in [5.41, 5.74) is 4.45. The first-order valence-electron chi connectivity index (χ1n) is 14.2. The number of carbonyl (C=O) groups is 1. The van der Waals surface area contributed by atoms with Gasteiger partial charge < -0.3 is 14.2 Å². The first-order valence-corrected chi connectivity index (χ1v) is 15.7. The molecule has 1 saturated carbocycles. The summed E-state index contributed by atoms with van der Waals surface area (Å²) < 4.78 is 40.4. The predicted molar refractivity (Wildman–Crippen MR) is 158 cm³/mol. The van der Waals surface area contributed by atoms with Gasteiger partial charge in [0.15, 0.2) is 5.78 Å². The number of anilines is 1. The molecule has 1 aliphatic heterocycles. The van der Waals surface area contributed by atoms with Gasteiger partial charge in [0, 0.05) is 37.6 Å². The van der Waals surface area contributed by atoms with Crippen molar-refractivity contribution in [2.45, 2.75) is 89.4 Å². The quantitative estimate of drug-likeness (QED) is 0.323. The standard InChI is InChI=1S/C31H38N4O5S/c1-5-10-29-32-26-12-7-8-13-27(36)30(26)35(29)18-22-15-16-24(23(17-22)19-39-4)25-11-6-9-14-28(25)41(37,38)34-31-20(2)21(3)33-40-31/h6,9,11,14-17,26,30,34H,5,7-8,10,12-13,18-19H2,1-4H3. The summed E-state index contributed by atoms with van der Waals surface area (Å²) in [6, 6.07) is 12.7. The summed E-state index contributed by atoms with van der Waals surface area (Å²) in [6.07, 6.45) is 5.31. The summed E-state index contributed by atoms with van der Waals surface area (Å²) in [5, 5.41) is 3.86. The Balaban J connectivity index is 1.49. The molecule has 5 rings (SSSR count). The fraction of sp³-hybridized carbons (Fsp3) is 0.452. The summed E-state index contributed by atoms with van der Waals surface area (Å²) >= 11 is 0. The van der Waals surface area contributed by atoms with Gasteiger partial charge in [0.05, 0.1) is 23.2 Å². The summed E-state index contributed by atoms with van der Waals surface area (Å²) in [4.78, 5) is 20.5. The van der Waals surface area contributed by atoms with Gasteiger partial charge in [-0.15, -0.1) is 0 Å². The van der Waals surface area contributed by atoms with Crippen LogP contribution in [0, 0.1) is 13.8 Å². The van der Waals surface area contributed by atoms with Crippen LogP contribution in [-0.2, 0) is 32.7 Å². The average Bonchev–Trinajstić information content (AvgIpc) is 3.37. The van der Waals surface area contributed by atoms with E-state index in [1.54, 1.807) is 39.2 Å². The maximum absolute atomic E-state index is 13.5. The Morgan fingerprint density at radius 1 is 1.12 bits per heavy atom. The van der Waals surface area contributed by atoms with Crippen LogP contribution in [0.15, 0.2) is 56.9 Å². The van der Waals surface area contributed by atoms with E-state index in [9.17, 15) is 13.2 Å². The number of sulfonamides is 1. The van der Waals surface area contributed by atoms with Crippen molar-refractivity contribution in [1.82, 2.24) is 10.1 Å². The molecule has 1 fully saturated rings. The van der Waals surface area contributed by atoms with Gasteiger partial charge in [0.2, 0.25) is 5.88 Å². The molecule has 0 saturated heterocycles. The lowest BCUT2D eigenvalue weighted by molar-refractivity contribution is -0.122. The minimum Gasteiger partial charge on any atom is -0.380 e. The fourth-order valence-electron chi connectivity index (χ4n) is 5.83. The maximum atomic E-state index is 13.5. The molecule has 218 valence electrons. The van der Waals surface area contributed by atoms with E-state index < -0.39 is 10.0 Å². The van der Waals surface area contributed by atoms with Gasteiger partial charge in [-0.1, -0.05) is 54.9 Å². The van der Waals surface area contributed by atoms with Crippen LogP contribution in [0.2, 0.25) is 0 Å². The highest BCUT2D eigenvalue weighted by Gasteiger charge is 2.41. The van der Waals surface area contributed by atoms with Crippen molar-refractivity contribution < 1.29 is 22.5 Å². The Labute approximate surface area is 242 Å². The van der Waals surface area contributed by atoms with Gasteiger partial charge in [0.25, 0.3) is 10.0 Å². The number of aromatic nitrogens is 1. The Hall–Kier alpha value is -3.50. The number of amidine groups is 1. The highest BCUT2D eigenvalue weighted by atomic mass is 32.2. The highest BCUT2D eigenvalue weighted by Crippen LogP contribution is 2.35. The monoisotopic (exact) mass is 578 g/mol. The number of aliphatic imine (C=N–C) groups is 1. The zero-order valence-electron chi connectivity index (χ0n) is 24.1. The number of nitrogens with zero attached hydrogens (tertiary/aromatic N) is 3. The second kappa shape index (κ2) is 12.2. The van der Waals surface area contributed by atoms with Gasteiger partial charge in [-0.25, -0.2) is 13.1 Å². The Bertz CT molecular complexity index is 1560. The van der Waals surface area contributed by atoms with E-state index in [2.05, 4.69) is 27.8 Å². The average molecular weight is 579 g/mol. The van der Waals surface area contributed by atoms with Crippen LogP contribution >= 0.6 is 0 Å². The van der Waals surface area contributed by atoms with Crippen LogP contribution in [0.25, 0.3) is 11.1 Å². The second-order valence-corrected chi connectivity index (χ2v) is 12.5. The lowest BCUT2D eigenvalue weighted by atomic mass is 9.96. The first-order chi connectivity index (χ1) is 19.7. The number of aryl methyl sites for hydroxylation is 1. The molecule has 1 aromatic heterocycles. The topological polar surface area (TPSA) is 114 Å². The van der Waals surface area contributed by atoms with Crippen molar-refractivity contribution in [2.75, 3.05) is 11.8 Å². The molecule has 1 aliphatic carbocycles.